The summed E-state index contributed by atoms with van der Waals surface area (Å²) in [5.74, 6) is 0. The van der Waals surface area contributed by atoms with Crippen LogP contribution in [-0.4, -0.2) is 33.6 Å². The third-order valence-corrected chi connectivity index (χ3v) is 2.51. The monoisotopic (exact) mass is 260 g/mol. The standard InChI is InChI=1S/C4H9N.C3H2F3NO3S/c1-2-4-5-3-1;4-3(5,6)11(8,9)10-2-1-7/h5H,1-4H2;2H2. The third-order valence-electron chi connectivity index (χ3n) is 1.52. The van der Waals surface area contributed by atoms with E-state index in [1.807, 2.05) is 0 Å². The topological polar surface area (TPSA) is 79.2 Å². The van der Waals surface area contributed by atoms with Crippen molar-refractivity contribution in [2.24, 2.45) is 0 Å². The lowest BCUT2D eigenvalue weighted by atomic mass is 10.4. The van der Waals surface area contributed by atoms with Crippen molar-refractivity contribution in [3.63, 3.8) is 0 Å². The van der Waals surface area contributed by atoms with Crippen LogP contribution in [0.25, 0.3) is 0 Å². The maximum atomic E-state index is 11.3. The van der Waals surface area contributed by atoms with Gasteiger partial charge in [0.05, 0.1) is 6.07 Å². The van der Waals surface area contributed by atoms with E-state index >= 15 is 0 Å². The molecule has 0 atom stereocenters. The van der Waals surface area contributed by atoms with Gasteiger partial charge in [-0.3, -0.25) is 0 Å². The Hall–Kier alpha value is -0.850. The molecule has 5 nitrogen and oxygen atoms in total. The number of halogens is 3. The zero-order valence-electron chi connectivity index (χ0n) is 8.25. The van der Waals surface area contributed by atoms with Gasteiger partial charge in [0.25, 0.3) is 0 Å². The number of nitriles is 1. The molecule has 16 heavy (non-hydrogen) atoms. The number of hydrogen-bond donors (Lipinski definition) is 1. The van der Waals surface area contributed by atoms with Crippen molar-refractivity contribution in [1.29, 1.82) is 5.26 Å². The molecular weight excluding hydrogens is 249 g/mol. The molecule has 0 bridgehead atoms. The number of hydrogen-bond acceptors (Lipinski definition) is 5. The predicted molar refractivity (Wildman–Crippen MR) is 48.6 cm³/mol. The van der Waals surface area contributed by atoms with Crippen LogP contribution in [0.4, 0.5) is 13.2 Å². The molecule has 0 saturated carbocycles. The summed E-state index contributed by atoms with van der Waals surface area (Å²) in [6.07, 6.45) is 2.78. The van der Waals surface area contributed by atoms with Crippen molar-refractivity contribution in [3.8, 4) is 6.07 Å². The molecule has 1 saturated heterocycles. The van der Waals surface area contributed by atoms with Gasteiger partial charge in [-0.2, -0.15) is 26.9 Å². The molecule has 1 aliphatic heterocycles. The van der Waals surface area contributed by atoms with E-state index in [9.17, 15) is 21.6 Å². The first-order valence-electron chi connectivity index (χ1n) is 4.34. The Morgan fingerprint density at radius 1 is 1.31 bits per heavy atom. The van der Waals surface area contributed by atoms with Crippen LogP contribution in [-0.2, 0) is 14.3 Å². The first kappa shape index (κ1) is 15.2. The lowest BCUT2D eigenvalue weighted by molar-refractivity contribution is -0.0534. The number of rotatable bonds is 2. The molecule has 0 amide bonds. The van der Waals surface area contributed by atoms with Crippen molar-refractivity contribution in [3.05, 3.63) is 0 Å². The minimum Gasteiger partial charge on any atom is -0.317 e. The van der Waals surface area contributed by atoms with Crippen molar-refractivity contribution in [2.75, 3.05) is 19.7 Å². The van der Waals surface area contributed by atoms with E-state index in [-0.39, 0.29) is 0 Å². The normalized spacial score (nSPS) is 16.1. The zero-order valence-corrected chi connectivity index (χ0v) is 9.07. The molecule has 0 aliphatic carbocycles. The van der Waals surface area contributed by atoms with E-state index in [4.69, 9.17) is 5.26 Å². The maximum Gasteiger partial charge on any atom is 0.523 e. The summed E-state index contributed by atoms with van der Waals surface area (Å²) in [4.78, 5) is 0. The van der Waals surface area contributed by atoms with Gasteiger partial charge in [-0.1, -0.05) is 0 Å². The molecule has 9 heteroatoms. The Morgan fingerprint density at radius 3 is 2.06 bits per heavy atom. The van der Waals surface area contributed by atoms with Gasteiger partial charge in [0.15, 0.2) is 6.61 Å². The van der Waals surface area contributed by atoms with E-state index < -0.39 is 22.2 Å². The maximum absolute atomic E-state index is 11.3. The summed E-state index contributed by atoms with van der Waals surface area (Å²) in [5.41, 5.74) is -5.45. The summed E-state index contributed by atoms with van der Waals surface area (Å²) in [6.45, 7) is 1.36. The van der Waals surface area contributed by atoms with Crippen LogP contribution in [0.2, 0.25) is 0 Å². The highest BCUT2D eigenvalue weighted by atomic mass is 32.2. The van der Waals surface area contributed by atoms with Gasteiger partial charge in [0, 0.05) is 0 Å². The average molecular weight is 260 g/mol. The quantitative estimate of drug-likeness (QED) is 0.585. The Morgan fingerprint density at radius 2 is 1.81 bits per heavy atom. The van der Waals surface area contributed by atoms with E-state index in [0.29, 0.717) is 0 Å². The Balaban J connectivity index is 0.000000368. The molecule has 1 rings (SSSR count). The second-order valence-electron chi connectivity index (χ2n) is 2.78. The lowest BCUT2D eigenvalue weighted by Gasteiger charge is -2.04. The summed E-state index contributed by atoms with van der Waals surface area (Å²) in [5, 5.41) is 10.9. The van der Waals surface area contributed by atoms with Gasteiger partial charge in [-0.15, -0.1) is 0 Å². The van der Waals surface area contributed by atoms with Crippen molar-refractivity contribution in [2.45, 2.75) is 18.3 Å². The fourth-order valence-corrected chi connectivity index (χ4v) is 1.14. The first-order chi connectivity index (χ1) is 7.31. The summed E-state index contributed by atoms with van der Waals surface area (Å²) in [7, 11) is -5.58. The molecule has 1 heterocycles. The third kappa shape index (κ3) is 5.89. The van der Waals surface area contributed by atoms with Crippen LogP contribution < -0.4 is 5.32 Å². The molecule has 94 valence electrons. The number of nitrogens with one attached hydrogen (secondary N) is 1. The van der Waals surface area contributed by atoms with Gasteiger partial charge in [0.2, 0.25) is 0 Å². The molecule has 0 radical (unpaired) electrons. The summed E-state index contributed by atoms with van der Waals surface area (Å²) in [6, 6.07) is 1.09. The van der Waals surface area contributed by atoms with E-state index in [1.165, 1.54) is 25.9 Å². The van der Waals surface area contributed by atoms with Gasteiger partial charge in [-0.05, 0) is 25.9 Å². The van der Waals surface area contributed by atoms with Crippen molar-refractivity contribution >= 4 is 10.1 Å². The van der Waals surface area contributed by atoms with Crippen LogP contribution in [0.5, 0.6) is 0 Å². The molecule has 1 fully saturated rings. The fraction of sp³-hybridized carbons (Fsp3) is 0.857. The molecule has 0 spiro atoms. The zero-order chi connectivity index (χ0) is 12.7. The van der Waals surface area contributed by atoms with Gasteiger partial charge in [0.1, 0.15) is 0 Å². The average Bonchev–Trinajstić information content (AvgIpc) is 2.70. The predicted octanol–water partition coefficient (Wildman–Crippen LogP) is 0.746. The second-order valence-corrected chi connectivity index (χ2v) is 4.38. The van der Waals surface area contributed by atoms with Crippen molar-refractivity contribution in [1.82, 2.24) is 5.32 Å². The fourth-order valence-electron chi connectivity index (χ4n) is 0.796. The Bertz CT molecular complexity index is 322. The van der Waals surface area contributed by atoms with Gasteiger partial charge in [-0.25, -0.2) is 4.18 Å². The van der Waals surface area contributed by atoms with Crippen LogP contribution in [0.1, 0.15) is 12.8 Å². The van der Waals surface area contributed by atoms with Crippen LogP contribution >= 0.6 is 0 Å². The highest BCUT2D eigenvalue weighted by molar-refractivity contribution is 7.87. The largest absolute Gasteiger partial charge is 0.523 e. The molecule has 0 aromatic rings. The highest BCUT2D eigenvalue weighted by Crippen LogP contribution is 2.24. The molecule has 0 aromatic heterocycles. The van der Waals surface area contributed by atoms with Gasteiger partial charge >= 0.3 is 15.6 Å². The van der Waals surface area contributed by atoms with E-state index in [0.717, 1.165) is 6.07 Å². The van der Waals surface area contributed by atoms with Crippen LogP contribution in [0.3, 0.4) is 0 Å². The smallest absolute Gasteiger partial charge is 0.317 e. The minimum absolute atomic E-state index is 1.09. The molecule has 0 aromatic carbocycles. The molecular formula is C7H11F3N2O3S. The Labute approximate surface area is 91.3 Å². The molecule has 0 unspecified atom stereocenters. The number of alkyl halides is 3. The number of nitrogens with zero attached hydrogens (tertiary/aromatic N) is 1. The molecule has 1 aliphatic rings. The highest BCUT2D eigenvalue weighted by Gasteiger charge is 2.47. The van der Waals surface area contributed by atoms with E-state index in [1.54, 1.807) is 0 Å². The van der Waals surface area contributed by atoms with Crippen LogP contribution in [0.15, 0.2) is 0 Å². The summed E-state index contributed by atoms with van der Waals surface area (Å²) < 4.78 is 57.1. The molecule has 1 N–H and O–H groups in total. The SMILES string of the molecule is C1CCNC1.N#CCOS(=O)(=O)C(F)(F)F. The van der Waals surface area contributed by atoms with Crippen LogP contribution in [0, 0.1) is 11.3 Å². The van der Waals surface area contributed by atoms with Crippen molar-refractivity contribution < 1.29 is 25.8 Å². The minimum atomic E-state index is -5.58. The Kier molecular flexibility index (Phi) is 6.32. The van der Waals surface area contributed by atoms with E-state index in [2.05, 4.69) is 9.50 Å². The second kappa shape index (κ2) is 6.67. The lowest BCUT2D eigenvalue weighted by Crippen LogP contribution is -2.25. The first-order valence-corrected chi connectivity index (χ1v) is 5.75. The summed E-state index contributed by atoms with van der Waals surface area (Å²) >= 11 is 0. The van der Waals surface area contributed by atoms with Gasteiger partial charge < -0.3 is 5.32 Å².